The van der Waals surface area contributed by atoms with Crippen molar-refractivity contribution in [2.45, 2.75) is 0 Å². The summed E-state index contributed by atoms with van der Waals surface area (Å²) >= 11 is 0. The zero-order valence-corrected chi connectivity index (χ0v) is 26.8. The molecule has 0 bridgehead atoms. The molecule has 0 atom stereocenters. The van der Waals surface area contributed by atoms with Gasteiger partial charge in [0.15, 0.2) is 11.6 Å². The molecule has 0 radical (unpaired) electrons. The van der Waals surface area contributed by atoms with Crippen LogP contribution >= 0.6 is 0 Å². The van der Waals surface area contributed by atoms with Crippen LogP contribution in [0.15, 0.2) is 170 Å². The van der Waals surface area contributed by atoms with Gasteiger partial charge in [-0.25, -0.2) is 9.97 Å². The summed E-state index contributed by atoms with van der Waals surface area (Å²) in [5.41, 5.74) is 9.29. The van der Waals surface area contributed by atoms with Crippen LogP contribution in [0.2, 0.25) is 0 Å². The van der Waals surface area contributed by atoms with E-state index in [1.54, 1.807) is 0 Å². The van der Waals surface area contributed by atoms with Crippen LogP contribution in [-0.4, -0.2) is 29.1 Å². The van der Waals surface area contributed by atoms with Crippen LogP contribution in [0, 0.1) is 0 Å². The van der Waals surface area contributed by atoms with E-state index < -0.39 is 0 Å². The first-order valence-corrected chi connectivity index (χ1v) is 16.7. The summed E-state index contributed by atoms with van der Waals surface area (Å²) in [6, 6.07) is 56.5. The Kier molecular flexibility index (Phi) is 6.39. The lowest BCUT2D eigenvalue weighted by atomic mass is 9.97. The van der Waals surface area contributed by atoms with Crippen LogP contribution in [0.3, 0.4) is 0 Å². The van der Waals surface area contributed by atoms with Crippen molar-refractivity contribution in [1.29, 1.82) is 0 Å². The summed E-state index contributed by atoms with van der Waals surface area (Å²) in [6.07, 6.45) is 1.87. The van der Waals surface area contributed by atoms with Gasteiger partial charge in [0.2, 0.25) is 5.95 Å². The first-order valence-electron chi connectivity index (χ1n) is 16.7. The maximum atomic E-state index is 5.14. The molecule has 50 heavy (non-hydrogen) atoms. The van der Waals surface area contributed by atoms with Gasteiger partial charge in [-0.15, -0.1) is 0 Å². The van der Waals surface area contributed by atoms with Crippen LogP contribution < -0.4 is 0 Å². The molecule has 6 aromatic carbocycles. The molecular formula is C44H28N6. The van der Waals surface area contributed by atoms with Gasteiger partial charge in [-0.05, 0) is 42.0 Å². The van der Waals surface area contributed by atoms with Gasteiger partial charge in [0.25, 0.3) is 0 Å². The van der Waals surface area contributed by atoms with E-state index in [9.17, 15) is 0 Å². The van der Waals surface area contributed by atoms with Crippen molar-refractivity contribution in [1.82, 2.24) is 29.1 Å². The second kappa shape index (κ2) is 11.4. The number of hydrogen-bond acceptors (Lipinski definition) is 4. The highest BCUT2D eigenvalue weighted by atomic mass is 15.2. The summed E-state index contributed by atoms with van der Waals surface area (Å²) in [6.45, 7) is 0. The van der Waals surface area contributed by atoms with E-state index >= 15 is 0 Å². The summed E-state index contributed by atoms with van der Waals surface area (Å²) in [4.78, 5) is 20.1. The van der Waals surface area contributed by atoms with Gasteiger partial charge >= 0.3 is 0 Å². The fraction of sp³-hybridized carbons (Fsp3) is 0. The summed E-state index contributed by atoms with van der Waals surface area (Å²) in [5, 5.41) is 4.54. The number of nitrogens with zero attached hydrogens (tertiary/aromatic N) is 6. The maximum absolute atomic E-state index is 5.14. The SMILES string of the molecule is c1ccc(-c2nc(-c3ccccc3)nc(-n3c4ccccc4c4c(-c5cccc6c7cccnc7n(-c7ccccc7)c56)cccc43)n2)cc1. The van der Waals surface area contributed by atoms with Crippen molar-refractivity contribution < 1.29 is 0 Å². The van der Waals surface area contributed by atoms with Gasteiger partial charge in [0.1, 0.15) is 5.65 Å². The first-order chi connectivity index (χ1) is 24.8. The summed E-state index contributed by atoms with van der Waals surface area (Å²) < 4.78 is 4.48. The predicted octanol–water partition coefficient (Wildman–Crippen LogP) is 10.5. The van der Waals surface area contributed by atoms with Gasteiger partial charge in [-0.3, -0.25) is 9.13 Å². The predicted molar refractivity (Wildman–Crippen MR) is 203 cm³/mol. The molecule has 0 fully saturated rings. The van der Waals surface area contributed by atoms with Crippen molar-refractivity contribution in [2.75, 3.05) is 0 Å². The molecule has 6 heteroatoms. The molecule has 0 amide bonds. The van der Waals surface area contributed by atoms with Crippen molar-refractivity contribution in [3.05, 3.63) is 170 Å². The summed E-state index contributed by atoms with van der Waals surface area (Å²) in [5.74, 6) is 1.82. The van der Waals surface area contributed by atoms with Crippen LogP contribution in [-0.2, 0) is 0 Å². The Balaban J connectivity index is 1.30. The Morgan fingerprint density at radius 3 is 1.72 bits per heavy atom. The lowest BCUT2D eigenvalue weighted by molar-refractivity contribution is 0.953. The Labute approximate surface area is 287 Å². The Morgan fingerprint density at radius 2 is 0.980 bits per heavy atom. The third-order valence-corrected chi connectivity index (χ3v) is 9.44. The molecule has 4 aromatic heterocycles. The minimum atomic E-state index is 0.571. The number of aromatic nitrogens is 6. The monoisotopic (exact) mass is 640 g/mol. The maximum Gasteiger partial charge on any atom is 0.238 e. The molecule has 0 aliphatic heterocycles. The fourth-order valence-corrected chi connectivity index (χ4v) is 7.30. The largest absolute Gasteiger partial charge is 0.293 e. The number of benzene rings is 6. The van der Waals surface area contributed by atoms with Crippen LogP contribution in [0.5, 0.6) is 0 Å². The van der Waals surface area contributed by atoms with Gasteiger partial charge in [-0.2, -0.15) is 9.97 Å². The topological polar surface area (TPSA) is 61.4 Å². The van der Waals surface area contributed by atoms with Crippen molar-refractivity contribution >= 4 is 43.7 Å². The van der Waals surface area contributed by atoms with E-state index in [1.807, 2.05) is 72.9 Å². The third kappa shape index (κ3) is 4.36. The average Bonchev–Trinajstić information content (AvgIpc) is 3.72. The molecule has 10 rings (SSSR count). The molecule has 0 aliphatic carbocycles. The van der Waals surface area contributed by atoms with Gasteiger partial charge < -0.3 is 0 Å². The number of fused-ring (bicyclic) bond motifs is 6. The Hall–Kier alpha value is -6.92. The van der Waals surface area contributed by atoms with Crippen molar-refractivity contribution in [3.63, 3.8) is 0 Å². The van der Waals surface area contributed by atoms with Gasteiger partial charge in [0.05, 0.1) is 16.6 Å². The quantitative estimate of drug-likeness (QED) is 0.188. The minimum absolute atomic E-state index is 0.571. The molecule has 10 aromatic rings. The number of hydrogen-bond donors (Lipinski definition) is 0. The lowest BCUT2D eigenvalue weighted by Gasteiger charge is -2.13. The van der Waals surface area contributed by atoms with E-state index in [-0.39, 0.29) is 0 Å². The second-order valence-corrected chi connectivity index (χ2v) is 12.3. The number of rotatable bonds is 5. The molecule has 0 spiro atoms. The highest BCUT2D eigenvalue weighted by molar-refractivity contribution is 6.20. The normalized spacial score (nSPS) is 11.6. The van der Waals surface area contributed by atoms with E-state index in [1.165, 1.54) is 0 Å². The van der Waals surface area contributed by atoms with E-state index in [4.69, 9.17) is 19.9 Å². The molecule has 0 aliphatic rings. The van der Waals surface area contributed by atoms with Gasteiger partial charge in [-0.1, -0.05) is 127 Å². The molecule has 0 saturated carbocycles. The average molecular weight is 641 g/mol. The van der Waals surface area contributed by atoms with Crippen LogP contribution in [0.1, 0.15) is 0 Å². The summed E-state index contributed by atoms with van der Waals surface area (Å²) in [7, 11) is 0. The minimum Gasteiger partial charge on any atom is -0.293 e. The molecule has 234 valence electrons. The number of para-hydroxylation sites is 3. The lowest BCUT2D eigenvalue weighted by Crippen LogP contribution is -2.06. The van der Waals surface area contributed by atoms with Crippen molar-refractivity contribution in [2.24, 2.45) is 0 Å². The molecule has 0 saturated heterocycles. The van der Waals surface area contributed by atoms with Gasteiger partial charge in [0, 0.05) is 50.1 Å². The third-order valence-electron chi connectivity index (χ3n) is 9.44. The van der Waals surface area contributed by atoms with Crippen LogP contribution in [0.25, 0.3) is 89.3 Å². The fourth-order valence-electron chi connectivity index (χ4n) is 7.30. The molecule has 6 nitrogen and oxygen atoms in total. The molecule has 4 heterocycles. The molecule has 0 unspecified atom stereocenters. The molecular weight excluding hydrogens is 613 g/mol. The van der Waals surface area contributed by atoms with E-state index in [0.29, 0.717) is 17.6 Å². The number of pyridine rings is 1. The van der Waals surface area contributed by atoms with Crippen LogP contribution in [0.4, 0.5) is 0 Å². The smallest absolute Gasteiger partial charge is 0.238 e. The molecule has 0 N–H and O–H groups in total. The van der Waals surface area contributed by atoms with Crippen molar-refractivity contribution in [3.8, 4) is 45.5 Å². The van der Waals surface area contributed by atoms with E-state index in [0.717, 1.165) is 71.7 Å². The Morgan fingerprint density at radius 1 is 0.400 bits per heavy atom. The standard InChI is InChI=1S/C44H28N6/c1-4-15-29(16-5-1)41-46-42(30-17-6-2-7-18-30)48-44(47-41)50-37-26-11-10-21-36(37)39-32(22-13-27-38(39)50)33-23-12-24-34-35-25-14-28-45-43(35)49(40(33)34)31-19-8-3-9-20-31/h1-28H. The highest BCUT2D eigenvalue weighted by Crippen LogP contribution is 2.43. The first kappa shape index (κ1) is 28.1. The zero-order chi connectivity index (χ0) is 33.0. The zero-order valence-electron chi connectivity index (χ0n) is 26.8. The highest BCUT2D eigenvalue weighted by Gasteiger charge is 2.22. The van der Waals surface area contributed by atoms with E-state index in [2.05, 4.69) is 106 Å². The Bertz CT molecular complexity index is 2800. The second-order valence-electron chi connectivity index (χ2n) is 12.3.